The van der Waals surface area contributed by atoms with Gasteiger partial charge in [0.25, 0.3) is 0 Å². The Bertz CT molecular complexity index is 851. The molecule has 0 spiro atoms. The van der Waals surface area contributed by atoms with E-state index in [1.165, 1.54) is 12.8 Å². The molecule has 4 atom stereocenters. The smallest absolute Gasteiger partial charge is 0.119 e. The fraction of sp³-hybridized carbons (Fsp3) is 0.520. The molecule has 4 rings (SSSR count). The first-order chi connectivity index (χ1) is 15.0. The normalized spacial score (nSPS) is 26.1. The molecule has 0 aromatic heterocycles. The number of hydrogen-bond donors (Lipinski definition) is 2. The van der Waals surface area contributed by atoms with E-state index in [1.807, 2.05) is 49.4 Å². The molecule has 2 aliphatic rings. The molecule has 1 saturated heterocycles. The topological polar surface area (TPSA) is 68.2 Å². The summed E-state index contributed by atoms with van der Waals surface area (Å²) in [5.74, 6) is 0.830. The molecule has 5 nitrogen and oxygen atoms in total. The third kappa shape index (κ3) is 5.99. The predicted molar refractivity (Wildman–Crippen MR) is 120 cm³/mol. The maximum Gasteiger partial charge on any atom is 0.119 e. The van der Waals surface area contributed by atoms with Gasteiger partial charge in [0.05, 0.1) is 31.0 Å². The highest BCUT2D eigenvalue weighted by molar-refractivity contribution is 6.31. The van der Waals surface area contributed by atoms with Gasteiger partial charge in [-0.15, -0.1) is 0 Å². The molecule has 1 aliphatic carbocycles. The van der Waals surface area contributed by atoms with E-state index in [-0.39, 0.29) is 12.2 Å². The molecule has 2 N–H and O–H groups in total. The maximum absolute atomic E-state index is 10.2. The molecule has 1 saturated carbocycles. The molecule has 2 aromatic carbocycles. The molecule has 2 fully saturated rings. The van der Waals surface area contributed by atoms with Crippen molar-refractivity contribution in [2.75, 3.05) is 13.2 Å². The van der Waals surface area contributed by atoms with Gasteiger partial charge in [0.2, 0.25) is 0 Å². The number of ether oxygens (including phenoxy) is 3. The van der Waals surface area contributed by atoms with Crippen LogP contribution >= 0.6 is 11.6 Å². The van der Waals surface area contributed by atoms with Crippen LogP contribution in [0, 0.1) is 0 Å². The van der Waals surface area contributed by atoms with Crippen LogP contribution in [0.2, 0.25) is 5.02 Å². The van der Waals surface area contributed by atoms with Gasteiger partial charge in [-0.2, -0.15) is 0 Å². The minimum atomic E-state index is -0.839. The van der Waals surface area contributed by atoms with Gasteiger partial charge >= 0.3 is 0 Å². The van der Waals surface area contributed by atoms with E-state index in [2.05, 4.69) is 0 Å². The Kier molecular flexibility index (Phi) is 7.51. The lowest BCUT2D eigenvalue weighted by molar-refractivity contribution is -0.170. The van der Waals surface area contributed by atoms with Crippen LogP contribution in [-0.4, -0.2) is 47.8 Å². The molecular formula is C25H31ClO5. The predicted octanol–water partition coefficient (Wildman–Crippen LogP) is 4.45. The van der Waals surface area contributed by atoms with Crippen LogP contribution in [0.5, 0.6) is 5.75 Å². The fourth-order valence-electron chi connectivity index (χ4n) is 3.97. The summed E-state index contributed by atoms with van der Waals surface area (Å²) in [5, 5.41) is 21.0. The highest BCUT2D eigenvalue weighted by atomic mass is 35.5. The van der Waals surface area contributed by atoms with E-state index < -0.39 is 12.2 Å². The summed E-state index contributed by atoms with van der Waals surface area (Å²) in [4.78, 5) is 0. The molecule has 1 heterocycles. The minimum Gasteiger partial charge on any atom is -0.491 e. The number of rotatable bonds is 9. The van der Waals surface area contributed by atoms with E-state index >= 15 is 0 Å². The van der Waals surface area contributed by atoms with Gasteiger partial charge < -0.3 is 24.4 Å². The van der Waals surface area contributed by atoms with E-state index in [0.717, 1.165) is 22.4 Å². The quantitative estimate of drug-likeness (QED) is 0.557. The maximum atomic E-state index is 10.2. The largest absolute Gasteiger partial charge is 0.491 e. The zero-order valence-electron chi connectivity index (χ0n) is 17.9. The second-order valence-corrected chi connectivity index (χ2v) is 8.86. The Labute approximate surface area is 188 Å². The lowest BCUT2D eigenvalue weighted by atomic mass is 9.91. The SMILES string of the molecule is CC[C@H]1OC(c2ccc(Cl)c(Cc3ccc(OCCOC4CC4)cc3)c2)C[C@@H](O)[C@@H]1O. The third-order valence-electron chi connectivity index (χ3n) is 5.96. The Morgan fingerprint density at radius 3 is 2.55 bits per heavy atom. The highest BCUT2D eigenvalue weighted by Gasteiger charge is 2.36. The molecule has 0 amide bonds. The molecule has 2 aromatic rings. The lowest BCUT2D eigenvalue weighted by Crippen LogP contribution is -2.45. The van der Waals surface area contributed by atoms with Crippen molar-refractivity contribution in [1.82, 2.24) is 0 Å². The summed E-state index contributed by atoms with van der Waals surface area (Å²) in [6.07, 6.45) is 2.26. The third-order valence-corrected chi connectivity index (χ3v) is 6.33. The second-order valence-electron chi connectivity index (χ2n) is 8.46. The number of hydrogen-bond acceptors (Lipinski definition) is 5. The van der Waals surface area contributed by atoms with E-state index in [0.29, 0.717) is 43.6 Å². The number of aliphatic hydroxyl groups excluding tert-OH is 2. The summed E-state index contributed by atoms with van der Waals surface area (Å²) in [6, 6.07) is 13.9. The summed E-state index contributed by atoms with van der Waals surface area (Å²) in [6.45, 7) is 3.14. The van der Waals surface area contributed by atoms with Crippen LogP contribution in [-0.2, 0) is 15.9 Å². The fourth-order valence-corrected chi connectivity index (χ4v) is 4.15. The van der Waals surface area contributed by atoms with Crippen LogP contribution < -0.4 is 4.74 Å². The van der Waals surface area contributed by atoms with E-state index in [9.17, 15) is 10.2 Å². The van der Waals surface area contributed by atoms with Gasteiger partial charge in [-0.1, -0.05) is 42.8 Å². The second kappa shape index (κ2) is 10.3. The summed E-state index contributed by atoms with van der Waals surface area (Å²) in [7, 11) is 0. The van der Waals surface area contributed by atoms with Gasteiger partial charge in [-0.25, -0.2) is 0 Å². The monoisotopic (exact) mass is 446 g/mol. The van der Waals surface area contributed by atoms with Crippen LogP contribution in [0.3, 0.4) is 0 Å². The van der Waals surface area contributed by atoms with Gasteiger partial charge in [0.1, 0.15) is 18.5 Å². The highest BCUT2D eigenvalue weighted by Crippen LogP contribution is 2.35. The van der Waals surface area contributed by atoms with Gasteiger partial charge in [-0.3, -0.25) is 0 Å². The van der Waals surface area contributed by atoms with Crippen molar-refractivity contribution in [3.8, 4) is 5.75 Å². The van der Waals surface area contributed by atoms with Gasteiger partial charge in [0, 0.05) is 11.4 Å². The minimum absolute atomic E-state index is 0.256. The molecule has 168 valence electrons. The average Bonchev–Trinajstić information content (AvgIpc) is 3.60. The average molecular weight is 447 g/mol. The Morgan fingerprint density at radius 2 is 1.84 bits per heavy atom. The molecule has 1 aliphatic heterocycles. The van der Waals surface area contributed by atoms with Gasteiger partial charge in [-0.05, 0) is 60.6 Å². The van der Waals surface area contributed by atoms with Crippen LogP contribution in [0.15, 0.2) is 42.5 Å². The zero-order chi connectivity index (χ0) is 21.8. The van der Waals surface area contributed by atoms with Crippen molar-refractivity contribution < 1.29 is 24.4 Å². The molecule has 1 unspecified atom stereocenters. The van der Waals surface area contributed by atoms with Crippen molar-refractivity contribution >= 4 is 11.6 Å². The van der Waals surface area contributed by atoms with Crippen molar-refractivity contribution in [2.45, 2.75) is 69.5 Å². The number of aliphatic hydroxyl groups is 2. The molecule has 0 radical (unpaired) electrons. The zero-order valence-corrected chi connectivity index (χ0v) is 18.6. The molecule has 6 heteroatoms. The van der Waals surface area contributed by atoms with E-state index in [4.69, 9.17) is 25.8 Å². The first kappa shape index (κ1) is 22.6. The molecule has 31 heavy (non-hydrogen) atoms. The van der Waals surface area contributed by atoms with Crippen molar-refractivity contribution in [1.29, 1.82) is 0 Å². The first-order valence-electron chi connectivity index (χ1n) is 11.2. The van der Waals surface area contributed by atoms with Crippen LogP contribution in [0.1, 0.15) is 55.4 Å². The van der Waals surface area contributed by atoms with Crippen molar-refractivity contribution in [3.63, 3.8) is 0 Å². The Hall–Kier alpha value is -1.63. The Balaban J connectivity index is 1.38. The van der Waals surface area contributed by atoms with Gasteiger partial charge in [0.15, 0.2) is 0 Å². The van der Waals surface area contributed by atoms with Crippen LogP contribution in [0.25, 0.3) is 0 Å². The first-order valence-corrected chi connectivity index (χ1v) is 11.5. The standard InChI is InChI=1S/C25H31ClO5/c1-2-23-25(28)22(27)15-24(31-23)17-5-10-21(26)18(14-17)13-16-3-6-19(7-4-16)29-11-12-30-20-8-9-20/h3-7,10,14,20,22-25,27-28H,2,8-9,11-13,15H2,1H3/t22-,23-,24?,25+/m1/s1. The molecular weight excluding hydrogens is 416 g/mol. The Morgan fingerprint density at radius 1 is 1.06 bits per heavy atom. The van der Waals surface area contributed by atoms with Crippen molar-refractivity contribution in [2.24, 2.45) is 0 Å². The van der Waals surface area contributed by atoms with Crippen molar-refractivity contribution in [3.05, 3.63) is 64.2 Å². The number of benzene rings is 2. The molecule has 0 bridgehead atoms. The number of halogens is 1. The summed E-state index contributed by atoms with van der Waals surface area (Å²) >= 11 is 6.47. The van der Waals surface area contributed by atoms with Crippen LogP contribution in [0.4, 0.5) is 0 Å². The summed E-state index contributed by atoms with van der Waals surface area (Å²) in [5.41, 5.74) is 3.11. The van der Waals surface area contributed by atoms with E-state index in [1.54, 1.807) is 0 Å². The lowest BCUT2D eigenvalue weighted by Gasteiger charge is -2.37. The summed E-state index contributed by atoms with van der Waals surface area (Å²) < 4.78 is 17.4.